The molecule has 1 saturated heterocycles. The molecule has 3 heteroatoms. The van der Waals surface area contributed by atoms with Crippen LogP contribution in [-0.4, -0.2) is 23.3 Å². The highest BCUT2D eigenvalue weighted by atomic mass is 16.5. The standard InChI is InChI=1S/C9H14O3/c10-7-2-1-3-8-6(7)4-5-9(11)12-8/h6-8,10H,1-5H2. The lowest BCUT2D eigenvalue weighted by Crippen LogP contribution is -2.42. The third-order valence-electron chi connectivity index (χ3n) is 2.92. The Morgan fingerprint density at radius 1 is 1.33 bits per heavy atom. The van der Waals surface area contributed by atoms with Gasteiger partial charge >= 0.3 is 5.97 Å². The molecule has 0 aromatic rings. The lowest BCUT2D eigenvalue weighted by atomic mass is 9.80. The SMILES string of the molecule is O=C1CCC2C(O)CCCC2O1. The van der Waals surface area contributed by atoms with E-state index in [-0.39, 0.29) is 24.1 Å². The average Bonchev–Trinajstić information content (AvgIpc) is 2.04. The van der Waals surface area contributed by atoms with Crippen LogP contribution in [0.1, 0.15) is 32.1 Å². The van der Waals surface area contributed by atoms with Crippen molar-refractivity contribution in [1.29, 1.82) is 0 Å². The number of carbonyl (C=O) groups is 1. The summed E-state index contributed by atoms with van der Waals surface area (Å²) in [5.41, 5.74) is 0. The Morgan fingerprint density at radius 3 is 3.00 bits per heavy atom. The highest BCUT2D eigenvalue weighted by Crippen LogP contribution is 2.33. The zero-order chi connectivity index (χ0) is 8.55. The second-order valence-corrected chi connectivity index (χ2v) is 3.73. The fraction of sp³-hybridized carbons (Fsp3) is 0.889. The van der Waals surface area contributed by atoms with Crippen LogP contribution >= 0.6 is 0 Å². The molecule has 0 spiro atoms. The van der Waals surface area contributed by atoms with E-state index in [1.54, 1.807) is 0 Å². The van der Waals surface area contributed by atoms with Gasteiger partial charge in [0.25, 0.3) is 0 Å². The van der Waals surface area contributed by atoms with Crippen LogP contribution in [0.3, 0.4) is 0 Å². The molecule has 12 heavy (non-hydrogen) atoms. The van der Waals surface area contributed by atoms with E-state index < -0.39 is 0 Å². The molecule has 0 bridgehead atoms. The van der Waals surface area contributed by atoms with Gasteiger partial charge in [-0.3, -0.25) is 4.79 Å². The van der Waals surface area contributed by atoms with E-state index in [1.807, 2.05) is 0 Å². The van der Waals surface area contributed by atoms with Gasteiger partial charge in [-0.15, -0.1) is 0 Å². The van der Waals surface area contributed by atoms with Crippen molar-refractivity contribution in [3.8, 4) is 0 Å². The fourth-order valence-corrected chi connectivity index (χ4v) is 2.24. The Bertz CT molecular complexity index is 190. The van der Waals surface area contributed by atoms with Gasteiger partial charge in [-0.05, 0) is 25.7 Å². The molecule has 3 atom stereocenters. The first-order valence-electron chi connectivity index (χ1n) is 4.65. The predicted molar refractivity (Wildman–Crippen MR) is 42.5 cm³/mol. The zero-order valence-electron chi connectivity index (χ0n) is 7.03. The van der Waals surface area contributed by atoms with Crippen molar-refractivity contribution in [2.75, 3.05) is 0 Å². The molecular formula is C9H14O3. The minimum Gasteiger partial charge on any atom is -0.462 e. The smallest absolute Gasteiger partial charge is 0.306 e. The van der Waals surface area contributed by atoms with Gasteiger partial charge in [0.05, 0.1) is 6.10 Å². The van der Waals surface area contributed by atoms with E-state index in [4.69, 9.17) is 4.74 Å². The topological polar surface area (TPSA) is 46.5 Å². The summed E-state index contributed by atoms with van der Waals surface area (Å²) in [5.74, 6) is 0.127. The molecule has 0 radical (unpaired) electrons. The quantitative estimate of drug-likeness (QED) is 0.548. The van der Waals surface area contributed by atoms with Crippen molar-refractivity contribution in [2.24, 2.45) is 5.92 Å². The lowest BCUT2D eigenvalue weighted by Gasteiger charge is -2.37. The molecule has 1 N–H and O–H groups in total. The van der Waals surface area contributed by atoms with Crippen molar-refractivity contribution in [3.05, 3.63) is 0 Å². The summed E-state index contributed by atoms with van der Waals surface area (Å²) < 4.78 is 5.16. The van der Waals surface area contributed by atoms with E-state index >= 15 is 0 Å². The van der Waals surface area contributed by atoms with Crippen LogP contribution in [-0.2, 0) is 9.53 Å². The molecule has 2 rings (SSSR count). The Morgan fingerprint density at radius 2 is 2.17 bits per heavy atom. The van der Waals surface area contributed by atoms with Crippen LogP contribution in [0.25, 0.3) is 0 Å². The van der Waals surface area contributed by atoms with E-state index in [0.29, 0.717) is 6.42 Å². The van der Waals surface area contributed by atoms with Gasteiger partial charge in [0.1, 0.15) is 6.10 Å². The van der Waals surface area contributed by atoms with Gasteiger partial charge in [0.2, 0.25) is 0 Å². The summed E-state index contributed by atoms with van der Waals surface area (Å²) in [5, 5.41) is 9.60. The molecule has 1 aliphatic carbocycles. The van der Waals surface area contributed by atoms with Crippen molar-refractivity contribution in [3.63, 3.8) is 0 Å². The van der Waals surface area contributed by atoms with Gasteiger partial charge in [0, 0.05) is 12.3 Å². The van der Waals surface area contributed by atoms with Crippen molar-refractivity contribution >= 4 is 5.97 Å². The highest BCUT2D eigenvalue weighted by Gasteiger charge is 2.37. The second-order valence-electron chi connectivity index (χ2n) is 3.73. The van der Waals surface area contributed by atoms with Crippen molar-refractivity contribution in [1.82, 2.24) is 0 Å². The first kappa shape index (κ1) is 8.05. The number of carbonyl (C=O) groups excluding carboxylic acids is 1. The number of hydrogen-bond acceptors (Lipinski definition) is 3. The van der Waals surface area contributed by atoms with Crippen molar-refractivity contribution < 1.29 is 14.6 Å². The molecule has 2 fully saturated rings. The number of aliphatic hydroxyl groups excluding tert-OH is 1. The van der Waals surface area contributed by atoms with E-state index in [1.165, 1.54) is 0 Å². The number of fused-ring (bicyclic) bond motifs is 1. The third kappa shape index (κ3) is 1.33. The Balaban J connectivity index is 2.04. The monoisotopic (exact) mass is 170 g/mol. The minimum absolute atomic E-state index is 0.00926. The maximum absolute atomic E-state index is 10.9. The van der Waals surface area contributed by atoms with Gasteiger partial charge in [-0.2, -0.15) is 0 Å². The molecule has 1 heterocycles. The summed E-state index contributed by atoms with van der Waals surface area (Å²) in [6.07, 6.45) is 3.86. The summed E-state index contributed by atoms with van der Waals surface area (Å²) >= 11 is 0. The fourth-order valence-electron chi connectivity index (χ4n) is 2.24. The van der Waals surface area contributed by atoms with E-state index in [0.717, 1.165) is 25.7 Å². The number of hydrogen-bond donors (Lipinski definition) is 1. The maximum atomic E-state index is 10.9. The molecule has 2 aliphatic rings. The van der Waals surface area contributed by atoms with Gasteiger partial charge in [-0.25, -0.2) is 0 Å². The molecule has 1 aliphatic heterocycles. The summed E-state index contributed by atoms with van der Waals surface area (Å²) in [7, 11) is 0. The van der Waals surface area contributed by atoms with E-state index in [9.17, 15) is 9.90 Å². The van der Waals surface area contributed by atoms with Crippen molar-refractivity contribution in [2.45, 2.75) is 44.3 Å². The second kappa shape index (κ2) is 3.05. The zero-order valence-corrected chi connectivity index (χ0v) is 7.03. The number of esters is 1. The molecule has 1 saturated carbocycles. The summed E-state index contributed by atoms with van der Waals surface area (Å²) in [6.45, 7) is 0. The Kier molecular flexibility index (Phi) is 2.05. The van der Waals surface area contributed by atoms with Crippen LogP contribution in [0.2, 0.25) is 0 Å². The molecule has 3 unspecified atom stereocenters. The molecule has 0 amide bonds. The average molecular weight is 170 g/mol. The highest BCUT2D eigenvalue weighted by molar-refractivity contribution is 5.70. The molecule has 0 aromatic heterocycles. The lowest BCUT2D eigenvalue weighted by molar-refractivity contribution is -0.166. The first-order chi connectivity index (χ1) is 5.77. The van der Waals surface area contributed by atoms with Gasteiger partial charge in [0.15, 0.2) is 0 Å². The third-order valence-corrected chi connectivity index (χ3v) is 2.92. The largest absolute Gasteiger partial charge is 0.462 e. The van der Waals surface area contributed by atoms with Gasteiger partial charge in [-0.1, -0.05) is 0 Å². The number of aliphatic hydroxyl groups is 1. The van der Waals surface area contributed by atoms with Crippen LogP contribution < -0.4 is 0 Å². The molecular weight excluding hydrogens is 156 g/mol. The van der Waals surface area contributed by atoms with Crippen LogP contribution in [0.4, 0.5) is 0 Å². The van der Waals surface area contributed by atoms with Gasteiger partial charge < -0.3 is 9.84 Å². The number of ether oxygens (including phenoxy) is 1. The molecule has 0 aromatic carbocycles. The number of rotatable bonds is 0. The first-order valence-corrected chi connectivity index (χ1v) is 4.65. The summed E-state index contributed by atoms with van der Waals surface area (Å²) in [4.78, 5) is 10.9. The summed E-state index contributed by atoms with van der Waals surface area (Å²) in [6, 6.07) is 0. The molecule has 3 nitrogen and oxygen atoms in total. The normalized spacial score (nSPS) is 41.8. The Hall–Kier alpha value is -0.570. The van der Waals surface area contributed by atoms with Crippen LogP contribution in [0.15, 0.2) is 0 Å². The van der Waals surface area contributed by atoms with Crippen LogP contribution in [0, 0.1) is 5.92 Å². The predicted octanol–water partition coefficient (Wildman–Crippen LogP) is 0.853. The minimum atomic E-state index is -0.239. The van der Waals surface area contributed by atoms with E-state index in [2.05, 4.69) is 0 Å². The maximum Gasteiger partial charge on any atom is 0.306 e. The Labute approximate surface area is 71.7 Å². The molecule has 68 valence electrons. The van der Waals surface area contributed by atoms with Crippen LogP contribution in [0.5, 0.6) is 0 Å².